The second kappa shape index (κ2) is 6.38. The summed E-state index contributed by atoms with van der Waals surface area (Å²) in [5.41, 5.74) is -0.0907. The largest absolute Gasteiger partial charge is 0.339 e. The number of hydrogen-bond donors (Lipinski definition) is 1. The van der Waals surface area contributed by atoms with Crippen LogP contribution < -0.4 is 5.32 Å². The third-order valence-corrected chi connectivity index (χ3v) is 6.31. The maximum absolute atomic E-state index is 12.7. The van der Waals surface area contributed by atoms with Crippen molar-refractivity contribution >= 4 is 21.4 Å². The number of likely N-dealkylation sites (tertiary alicyclic amines) is 1. The Bertz CT molecular complexity index is 805. The third kappa shape index (κ3) is 3.67. The molecule has 0 radical (unpaired) electrons. The van der Waals surface area contributed by atoms with Gasteiger partial charge >= 0.3 is 0 Å². The number of nitro benzene ring substituents is 1. The highest BCUT2D eigenvalue weighted by Gasteiger charge is 2.38. The minimum absolute atomic E-state index is 0.0510. The Kier molecular flexibility index (Phi) is 4.54. The number of hydrogen-bond acceptors (Lipinski definition) is 6. The quantitative estimate of drug-likeness (QED) is 0.635. The normalized spacial score (nSPS) is 20.0. The first kappa shape index (κ1) is 17.8. The second-order valence-electron chi connectivity index (χ2n) is 6.96. The van der Waals surface area contributed by atoms with E-state index in [2.05, 4.69) is 5.32 Å². The lowest BCUT2D eigenvalue weighted by Crippen LogP contribution is -2.44. The molecule has 136 valence electrons. The van der Waals surface area contributed by atoms with E-state index in [1.54, 1.807) is 4.90 Å². The van der Waals surface area contributed by atoms with E-state index in [1.165, 1.54) is 6.07 Å². The number of nitrogens with one attached hydrogen (secondary N) is 1. The molecular weight excluding hydrogens is 346 g/mol. The number of carbonyl (C=O) groups is 1. The molecule has 1 aromatic rings. The molecule has 0 unspecified atom stereocenters. The monoisotopic (exact) mass is 367 g/mol. The lowest BCUT2D eigenvalue weighted by atomic mass is 9.78. The number of carbonyl (C=O) groups excluding carboxylic acids is 1. The van der Waals surface area contributed by atoms with Crippen molar-refractivity contribution in [2.24, 2.45) is 5.41 Å². The predicted octanol–water partition coefficient (Wildman–Crippen LogP) is 1.21. The number of nitro groups is 1. The van der Waals surface area contributed by atoms with Crippen molar-refractivity contribution in [3.05, 3.63) is 33.9 Å². The maximum atomic E-state index is 12.7. The Labute approximate surface area is 146 Å². The molecule has 25 heavy (non-hydrogen) atoms. The Morgan fingerprint density at radius 2 is 1.92 bits per heavy atom. The average molecular weight is 367 g/mol. The summed E-state index contributed by atoms with van der Waals surface area (Å²) in [6.45, 7) is 3.12. The van der Waals surface area contributed by atoms with Crippen molar-refractivity contribution in [1.29, 1.82) is 0 Å². The van der Waals surface area contributed by atoms with E-state index in [4.69, 9.17) is 0 Å². The first-order chi connectivity index (χ1) is 11.7. The maximum Gasteiger partial charge on any atom is 0.271 e. The predicted molar refractivity (Wildman–Crippen MR) is 91.3 cm³/mol. The molecule has 2 aliphatic heterocycles. The van der Waals surface area contributed by atoms with Crippen LogP contribution in [0.4, 0.5) is 5.69 Å². The molecule has 8 nitrogen and oxygen atoms in total. The van der Waals surface area contributed by atoms with Gasteiger partial charge in [0.05, 0.1) is 9.82 Å². The van der Waals surface area contributed by atoms with Gasteiger partial charge < -0.3 is 10.2 Å². The van der Waals surface area contributed by atoms with Crippen molar-refractivity contribution in [3.63, 3.8) is 0 Å². The van der Waals surface area contributed by atoms with Gasteiger partial charge in [-0.2, -0.15) is 0 Å². The van der Waals surface area contributed by atoms with E-state index in [1.807, 2.05) is 0 Å². The number of amides is 1. The van der Waals surface area contributed by atoms with Gasteiger partial charge in [0.2, 0.25) is 0 Å². The van der Waals surface area contributed by atoms with E-state index < -0.39 is 14.8 Å². The Hall–Kier alpha value is -2.00. The zero-order valence-corrected chi connectivity index (χ0v) is 14.8. The average Bonchev–Trinajstić information content (AvgIpc) is 3.02. The van der Waals surface area contributed by atoms with Crippen LogP contribution in [-0.2, 0) is 9.84 Å². The molecule has 1 aromatic carbocycles. The number of rotatable bonds is 3. The summed E-state index contributed by atoms with van der Waals surface area (Å²) in [5, 5.41) is 14.4. The highest BCUT2D eigenvalue weighted by molar-refractivity contribution is 7.90. The topological polar surface area (TPSA) is 110 Å². The fraction of sp³-hybridized carbons (Fsp3) is 0.562. The van der Waals surface area contributed by atoms with Crippen LogP contribution in [0.1, 0.15) is 29.6 Å². The van der Waals surface area contributed by atoms with Gasteiger partial charge in [-0.15, -0.1) is 0 Å². The van der Waals surface area contributed by atoms with E-state index in [-0.39, 0.29) is 27.5 Å². The second-order valence-corrected chi connectivity index (χ2v) is 8.98. The van der Waals surface area contributed by atoms with Gasteiger partial charge in [0.25, 0.3) is 11.6 Å². The summed E-state index contributed by atoms with van der Waals surface area (Å²) in [6, 6.07) is 3.37. The van der Waals surface area contributed by atoms with E-state index >= 15 is 0 Å². The van der Waals surface area contributed by atoms with Crippen molar-refractivity contribution in [2.75, 3.05) is 32.4 Å². The molecule has 2 saturated heterocycles. The van der Waals surface area contributed by atoms with Crippen LogP contribution in [0.25, 0.3) is 0 Å². The van der Waals surface area contributed by atoms with Crippen LogP contribution >= 0.6 is 0 Å². The summed E-state index contributed by atoms with van der Waals surface area (Å²) >= 11 is 0. The highest BCUT2D eigenvalue weighted by atomic mass is 32.2. The molecule has 0 aromatic heterocycles. The first-order valence-electron chi connectivity index (χ1n) is 8.20. The molecule has 2 fully saturated rings. The van der Waals surface area contributed by atoms with Crippen LogP contribution in [0, 0.1) is 15.5 Å². The molecule has 9 heteroatoms. The third-order valence-electron chi connectivity index (χ3n) is 5.22. The fourth-order valence-electron chi connectivity index (χ4n) is 3.62. The summed E-state index contributed by atoms with van der Waals surface area (Å²) in [4.78, 5) is 24.6. The summed E-state index contributed by atoms with van der Waals surface area (Å²) in [6.07, 6.45) is 3.85. The van der Waals surface area contributed by atoms with E-state index in [0.717, 1.165) is 50.7 Å². The van der Waals surface area contributed by atoms with Gasteiger partial charge in [-0.25, -0.2) is 8.42 Å². The van der Waals surface area contributed by atoms with Crippen molar-refractivity contribution in [1.82, 2.24) is 10.2 Å². The zero-order chi connectivity index (χ0) is 18.2. The van der Waals surface area contributed by atoms with E-state index in [0.29, 0.717) is 13.1 Å². The van der Waals surface area contributed by atoms with Crippen LogP contribution in [0.3, 0.4) is 0 Å². The first-order valence-corrected chi connectivity index (χ1v) is 10.1. The molecule has 0 aliphatic carbocycles. The zero-order valence-electron chi connectivity index (χ0n) is 14.0. The van der Waals surface area contributed by atoms with Gasteiger partial charge in [-0.1, -0.05) is 0 Å². The number of benzene rings is 1. The molecular formula is C16H21N3O5S. The molecule has 2 heterocycles. The summed E-state index contributed by atoms with van der Waals surface area (Å²) in [7, 11) is -3.65. The minimum Gasteiger partial charge on any atom is -0.339 e. The summed E-state index contributed by atoms with van der Waals surface area (Å²) in [5.74, 6) is -0.352. The Morgan fingerprint density at radius 3 is 2.44 bits per heavy atom. The Balaban J connectivity index is 1.84. The molecule has 1 N–H and O–H groups in total. The van der Waals surface area contributed by atoms with Crippen molar-refractivity contribution in [2.45, 2.75) is 24.2 Å². The smallest absolute Gasteiger partial charge is 0.271 e. The van der Waals surface area contributed by atoms with Gasteiger partial charge in [-0.05, 0) is 37.3 Å². The van der Waals surface area contributed by atoms with E-state index in [9.17, 15) is 23.3 Å². The molecule has 0 atom stereocenters. The van der Waals surface area contributed by atoms with Crippen LogP contribution in [0.15, 0.2) is 23.1 Å². The number of nitrogens with zero attached hydrogens (tertiary/aromatic N) is 2. The van der Waals surface area contributed by atoms with Gasteiger partial charge in [0, 0.05) is 43.6 Å². The highest BCUT2D eigenvalue weighted by Crippen LogP contribution is 2.37. The van der Waals surface area contributed by atoms with Gasteiger partial charge in [0.15, 0.2) is 9.84 Å². The molecule has 0 saturated carbocycles. The fourth-order valence-corrected chi connectivity index (χ4v) is 4.29. The van der Waals surface area contributed by atoms with Crippen molar-refractivity contribution in [3.8, 4) is 0 Å². The lowest BCUT2D eigenvalue weighted by Gasteiger charge is -2.38. The number of piperidine rings is 1. The molecule has 2 aliphatic rings. The van der Waals surface area contributed by atoms with Crippen LogP contribution in [0.2, 0.25) is 0 Å². The summed E-state index contributed by atoms with van der Waals surface area (Å²) < 4.78 is 23.5. The molecule has 1 amide bonds. The molecule has 3 rings (SSSR count). The lowest BCUT2D eigenvalue weighted by molar-refractivity contribution is -0.385. The SMILES string of the molecule is CS(=O)(=O)c1cc(C(=O)N2CCC3(CCNC3)CC2)cc([N+](=O)[O-])c1. The number of non-ortho nitro benzene ring substituents is 1. The van der Waals surface area contributed by atoms with Crippen molar-refractivity contribution < 1.29 is 18.1 Å². The number of sulfone groups is 1. The van der Waals surface area contributed by atoms with Crippen LogP contribution in [0.5, 0.6) is 0 Å². The molecule has 1 spiro atoms. The van der Waals surface area contributed by atoms with Gasteiger partial charge in [0.1, 0.15) is 0 Å². The van der Waals surface area contributed by atoms with Gasteiger partial charge in [-0.3, -0.25) is 14.9 Å². The van der Waals surface area contributed by atoms with Crippen LogP contribution in [-0.4, -0.2) is 56.6 Å². The molecule has 0 bridgehead atoms. The Morgan fingerprint density at radius 1 is 1.24 bits per heavy atom. The minimum atomic E-state index is -3.65. The standard InChI is InChI=1S/C16H21N3O5S/c1-25(23,24)14-9-12(8-13(10-14)19(21)22)15(20)18-6-3-16(4-7-18)2-5-17-11-16/h8-10,17H,2-7,11H2,1H3.